The molecule has 1 aliphatic heterocycles. The molecule has 1 fully saturated rings. The number of ether oxygens (including phenoxy) is 2. The molecule has 9 nitrogen and oxygen atoms in total. The van der Waals surface area contributed by atoms with Crippen LogP contribution in [0.1, 0.15) is 44.2 Å². The predicted molar refractivity (Wildman–Crippen MR) is 142 cm³/mol. The molecule has 0 aromatic heterocycles. The zero-order valence-electron chi connectivity index (χ0n) is 22.3. The zero-order valence-corrected chi connectivity index (χ0v) is 22.3. The Morgan fingerprint density at radius 3 is 2.26 bits per heavy atom. The summed E-state index contributed by atoms with van der Waals surface area (Å²) in [5.74, 6) is -1.71. The first-order valence-electron chi connectivity index (χ1n) is 13.1. The van der Waals surface area contributed by atoms with Gasteiger partial charge in [0.15, 0.2) is 6.04 Å². The highest BCUT2D eigenvalue weighted by Crippen LogP contribution is 2.19. The number of rotatable bonds is 13. The Labute approximate surface area is 224 Å². The second-order valence-corrected chi connectivity index (χ2v) is 9.47. The number of likely N-dealkylation sites (N-methyl/N-ethyl adjacent to an activating group) is 1. The lowest BCUT2D eigenvalue weighted by Gasteiger charge is -2.26. The van der Waals surface area contributed by atoms with Gasteiger partial charge in [-0.05, 0) is 37.3 Å². The molecule has 1 N–H and O–H groups in total. The average molecular weight is 524 g/mol. The van der Waals surface area contributed by atoms with Gasteiger partial charge in [0.25, 0.3) is 0 Å². The van der Waals surface area contributed by atoms with Gasteiger partial charge in [0.2, 0.25) is 5.91 Å². The molecule has 204 valence electrons. The molecule has 0 spiro atoms. The van der Waals surface area contributed by atoms with E-state index in [1.54, 1.807) is 6.92 Å². The highest BCUT2D eigenvalue weighted by atomic mass is 16.5. The summed E-state index contributed by atoms with van der Waals surface area (Å²) in [4.78, 5) is 54.3. The van der Waals surface area contributed by atoms with Crippen molar-refractivity contribution in [2.24, 2.45) is 0 Å². The summed E-state index contributed by atoms with van der Waals surface area (Å²) < 4.78 is 10.9. The fourth-order valence-corrected chi connectivity index (χ4v) is 4.21. The van der Waals surface area contributed by atoms with E-state index in [9.17, 15) is 19.2 Å². The molecule has 3 amide bonds. The smallest absolute Gasteiger partial charge is 0.331 e. The van der Waals surface area contributed by atoms with Gasteiger partial charge >= 0.3 is 18.0 Å². The van der Waals surface area contributed by atoms with Crippen molar-refractivity contribution < 1.29 is 28.7 Å². The van der Waals surface area contributed by atoms with Crippen LogP contribution in [0.2, 0.25) is 0 Å². The van der Waals surface area contributed by atoms with Crippen molar-refractivity contribution in [2.75, 3.05) is 20.2 Å². The van der Waals surface area contributed by atoms with Crippen LogP contribution in [-0.2, 0) is 36.9 Å². The minimum absolute atomic E-state index is 0.0292. The number of esters is 2. The molecule has 3 rings (SSSR count). The lowest BCUT2D eigenvalue weighted by molar-refractivity contribution is -0.153. The van der Waals surface area contributed by atoms with E-state index < -0.39 is 42.0 Å². The molecular formula is C29H37N3O6. The number of imide groups is 1. The number of hydrogen-bond donors (Lipinski definition) is 1. The Morgan fingerprint density at radius 1 is 1.00 bits per heavy atom. The average Bonchev–Trinajstić information content (AvgIpc) is 3.24. The van der Waals surface area contributed by atoms with Crippen LogP contribution >= 0.6 is 0 Å². The number of carbonyl (C=O) groups is 4. The molecule has 1 aliphatic rings. The maximum Gasteiger partial charge on any atom is 0.331 e. The van der Waals surface area contributed by atoms with Gasteiger partial charge in [-0.2, -0.15) is 0 Å². The topological polar surface area (TPSA) is 105 Å². The molecule has 2 aromatic carbocycles. The molecule has 0 saturated carbocycles. The van der Waals surface area contributed by atoms with Gasteiger partial charge < -0.3 is 14.4 Å². The number of nitrogens with one attached hydrogen (secondary N) is 1. The third kappa shape index (κ3) is 7.89. The summed E-state index contributed by atoms with van der Waals surface area (Å²) >= 11 is 0. The number of nitrogens with zero attached hydrogens (tertiary/aromatic N) is 2. The number of benzene rings is 2. The van der Waals surface area contributed by atoms with Crippen LogP contribution < -0.4 is 5.32 Å². The van der Waals surface area contributed by atoms with Crippen molar-refractivity contribution in [3.8, 4) is 0 Å². The first kappa shape index (κ1) is 28.8. The summed E-state index contributed by atoms with van der Waals surface area (Å²) in [6.07, 6.45) is 2.63. The van der Waals surface area contributed by atoms with E-state index in [0.717, 1.165) is 28.9 Å². The van der Waals surface area contributed by atoms with E-state index in [2.05, 4.69) is 5.32 Å². The Hall–Kier alpha value is -3.72. The van der Waals surface area contributed by atoms with Crippen LogP contribution in [0.25, 0.3) is 0 Å². The van der Waals surface area contributed by atoms with Gasteiger partial charge in [-0.3, -0.25) is 14.9 Å². The Kier molecular flexibility index (Phi) is 10.8. The van der Waals surface area contributed by atoms with Crippen molar-refractivity contribution in [3.63, 3.8) is 0 Å². The number of amides is 3. The lowest BCUT2D eigenvalue weighted by atomic mass is 10.0. The van der Waals surface area contributed by atoms with Crippen molar-refractivity contribution in [3.05, 3.63) is 71.8 Å². The molecule has 38 heavy (non-hydrogen) atoms. The van der Waals surface area contributed by atoms with Gasteiger partial charge in [-0.1, -0.05) is 74.0 Å². The number of hydrogen-bond acceptors (Lipinski definition) is 7. The van der Waals surface area contributed by atoms with Crippen molar-refractivity contribution in [2.45, 2.75) is 64.3 Å². The van der Waals surface area contributed by atoms with Crippen LogP contribution in [0.5, 0.6) is 0 Å². The fraction of sp³-hybridized carbons (Fsp3) is 0.448. The number of urea groups is 1. The molecule has 3 atom stereocenters. The minimum atomic E-state index is -1.08. The third-order valence-corrected chi connectivity index (χ3v) is 6.44. The van der Waals surface area contributed by atoms with E-state index in [1.165, 1.54) is 11.9 Å². The minimum Gasteiger partial charge on any atom is -0.465 e. The molecular weight excluding hydrogens is 486 g/mol. The highest BCUT2D eigenvalue weighted by Gasteiger charge is 2.46. The lowest BCUT2D eigenvalue weighted by Crippen LogP contribution is -2.55. The SMILES string of the molecule is CCCCOC(=O)[C@H](CCc1ccccc1)N[C@@H](C)C(=O)N1C(=O)N(C)C[C@H]1C(=O)OCc1ccccc1. The second kappa shape index (κ2) is 14.3. The molecule has 0 unspecified atom stereocenters. The molecule has 1 saturated heterocycles. The third-order valence-electron chi connectivity index (χ3n) is 6.44. The maximum atomic E-state index is 13.4. The Morgan fingerprint density at radius 2 is 1.63 bits per heavy atom. The molecule has 0 radical (unpaired) electrons. The van der Waals surface area contributed by atoms with Gasteiger partial charge in [0, 0.05) is 7.05 Å². The largest absolute Gasteiger partial charge is 0.465 e. The summed E-state index contributed by atoms with van der Waals surface area (Å²) in [5.41, 5.74) is 1.85. The summed E-state index contributed by atoms with van der Waals surface area (Å²) in [5, 5.41) is 3.05. The summed E-state index contributed by atoms with van der Waals surface area (Å²) in [7, 11) is 1.53. The Bertz CT molecular complexity index is 1080. The Balaban J connectivity index is 1.68. The van der Waals surface area contributed by atoms with Crippen LogP contribution in [0, 0.1) is 0 Å². The molecule has 0 bridgehead atoms. The van der Waals surface area contributed by atoms with Crippen molar-refractivity contribution >= 4 is 23.9 Å². The van der Waals surface area contributed by atoms with Gasteiger partial charge in [-0.15, -0.1) is 0 Å². The van der Waals surface area contributed by atoms with Crippen LogP contribution in [0.3, 0.4) is 0 Å². The van der Waals surface area contributed by atoms with E-state index in [4.69, 9.17) is 9.47 Å². The predicted octanol–water partition coefficient (Wildman–Crippen LogP) is 3.32. The number of unbranched alkanes of at least 4 members (excludes halogenated alkanes) is 1. The first-order chi connectivity index (χ1) is 18.3. The monoisotopic (exact) mass is 523 g/mol. The van der Waals surface area contributed by atoms with E-state index >= 15 is 0 Å². The van der Waals surface area contributed by atoms with Gasteiger partial charge in [0.1, 0.15) is 12.6 Å². The van der Waals surface area contributed by atoms with Crippen LogP contribution in [0.4, 0.5) is 4.79 Å². The van der Waals surface area contributed by atoms with Crippen LogP contribution in [0.15, 0.2) is 60.7 Å². The highest BCUT2D eigenvalue weighted by molar-refractivity contribution is 6.03. The number of carbonyl (C=O) groups excluding carboxylic acids is 4. The molecule has 2 aromatic rings. The fourth-order valence-electron chi connectivity index (χ4n) is 4.21. The number of aryl methyl sites for hydroxylation is 1. The maximum absolute atomic E-state index is 13.4. The van der Waals surface area contributed by atoms with E-state index in [-0.39, 0.29) is 13.2 Å². The summed E-state index contributed by atoms with van der Waals surface area (Å²) in [6, 6.07) is 15.5. The quantitative estimate of drug-likeness (QED) is 0.317. The second-order valence-electron chi connectivity index (χ2n) is 9.47. The molecule has 1 heterocycles. The van der Waals surface area contributed by atoms with Gasteiger partial charge in [-0.25, -0.2) is 14.5 Å². The van der Waals surface area contributed by atoms with Crippen LogP contribution in [-0.4, -0.2) is 72.0 Å². The van der Waals surface area contributed by atoms with Crippen molar-refractivity contribution in [1.82, 2.24) is 15.1 Å². The first-order valence-corrected chi connectivity index (χ1v) is 13.1. The zero-order chi connectivity index (χ0) is 27.5. The molecule has 9 heteroatoms. The normalized spacial score (nSPS) is 16.7. The summed E-state index contributed by atoms with van der Waals surface area (Å²) in [6.45, 7) is 3.95. The van der Waals surface area contributed by atoms with Crippen molar-refractivity contribution in [1.29, 1.82) is 0 Å². The van der Waals surface area contributed by atoms with E-state index in [1.807, 2.05) is 67.6 Å². The standard InChI is InChI=1S/C29H37N3O6/c1-4-5-18-37-27(34)24(17-16-22-12-8-6-9-13-22)30-21(2)26(33)32-25(19-31(3)29(32)36)28(35)38-20-23-14-10-7-11-15-23/h6-15,21,24-25,30H,4-5,16-20H2,1-3H3/t21-,24-,25-/m0/s1. The molecule has 0 aliphatic carbocycles. The van der Waals surface area contributed by atoms with E-state index in [0.29, 0.717) is 19.4 Å². The van der Waals surface area contributed by atoms with Gasteiger partial charge in [0.05, 0.1) is 19.2 Å².